The van der Waals surface area contributed by atoms with Crippen LogP contribution in [0.3, 0.4) is 0 Å². The zero-order valence-electron chi connectivity index (χ0n) is 16.5. The fraction of sp³-hybridized carbons (Fsp3) is 0.238. The SMILES string of the molecule is CCOc1ccc(NC(=O)CC2S/C(=N\N=C(C)c3ccc(F)cc3)NC2=O)cc1. The molecule has 9 heteroatoms. The molecule has 30 heavy (non-hydrogen) atoms. The number of nitrogens with one attached hydrogen (secondary N) is 2. The average molecular weight is 428 g/mol. The second-order valence-corrected chi connectivity index (χ2v) is 7.59. The van der Waals surface area contributed by atoms with E-state index >= 15 is 0 Å². The molecular formula is C21H21FN4O3S. The first-order chi connectivity index (χ1) is 14.4. The first-order valence-corrected chi connectivity index (χ1v) is 10.2. The summed E-state index contributed by atoms with van der Waals surface area (Å²) in [6.07, 6.45) is 0.00336. The maximum Gasteiger partial charge on any atom is 0.240 e. The third-order valence-electron chi connectivity index (χ3n) is 4.15. The topological polar surface area (TPSA) is 92.2 Å². The molecule has 2 aromatic rings. The van der Waals surface area contributed by atoms with Gasteiger partial charge >= 0.3 is 0 Å². The average Bonchev–Trinajstić information content (AvgIpc) is 3.07. The zero-order chi connectivity index (χ0) is 21.5. The van der Waals surface area contributed by atoms with Gasteiger partial charge in [-0.1, -0.05) is 23.9 Å². The summed E-state index contributed by atoms with van der Waals surface area (Å²) < 4.78 is 18.4. The maximum absolute atomic E-state index is 13.0. The van der Waals surface area contributed by atoms with Crippen molar-refractivity contribution in [3.8, 4) is 5.75 Å². The van der Waals surface area contributed by atoms with Gasteiger partial charge in [0.05, 0.1) is 12.3 Å². The number of anilines is 1. The third kappa shape index (κ3) is 5.90. The number of amidine groups is 1. The molecule has 2 amide bonds. The molecule has 0 aliphatic carbocycles. The lowest BCUT2D eigenvalue weighted by Crippen LogP contribution is -2.28. The molecule has 1 unspecified atom stereocenters. The Kier molecular flexibility index (Phi) is 7.18. The van der Waals surface area contributed by atoms with Crippen LogP contribution in [0, 0.1) is 5.82 Å². The summed E-state index contributed by atoms with van der Waals surface area (Å²) in [5.74, 6) is -0.185. The molecule has 1 heterocycles. The smallest absolute Gasteiger partial charge is 0.240 e. The Bertz CT molecular complexity index is 975. The number of ether oxygens (including phenoxy) is 1. The summed E-state index contributed by atoms with van der Waals surface area (Å²) in [6, 6.07) is 12.9. The Morgan fingerprint density at radius 2 is 1.90 bits per heavy atom. The summed E-state index contributed by atoms with van der Waals surface area (Å²) in [5, 5.41) is 13.2. The monoisotopic (exact) mass is 428 g/mol. The minimum Gasteiger partial charge on any atom is -0.494 e. The number of benzene rings is 2. The summed E-state index contributed by atoms with van der Waals surface area (Å²) in [7, 11) is 0. The molecule has 2 N–H and O–H groups in total. The molecule has 2 aromatic carbocycles. The molecule has 1 atom stereocenters. The van der Waals surface area contributed by atoms with Crippen molar-refractivity contribution in [2.24, 2.45) is 10.2 Å². The normalized spacial score (nSPS) is 17.7. The molecule has 156 valence electrons. The van der Waals surface area contributed by atoms with Crippen LogP contribution in [0.4, 0.5) is 10.1 Å². The number of halogens is 1. The van der Waals surface area contributed by atoms with Crippen molar-refractivity contribution in [2.45, 2.75) is 25.5 Å². The Hall–Kier alpha value is -3.20. The van der Waals surface area contributed by atoms with Crippen molar-refractivity contribution in [1.82, 2.24) is 5.32 Å². The standard InChI is InChI=1S/C21H21FN4O3S/c1-3-29-17-10-8-16(9-11-17)23-19(27)12-18-20(28)24-21(30-18)26-25-13(2)14-4-6-15(22)7-5-14/h4-11,18H,3,12H2,1-2H3,(H,23,27)(H,24,26,28). The third-order valence-corrected chi connectivity index (χ3v) is 5.22. The fourth-order valence-electron chi connectivity index (χ4n) is 2.64. The van der Waals surface area contributed by atoms with Gasteiger partial charge in [-0.05, 0) is 55.8 Å². The van der Waals surface area contributed by atoms with Crippen molar-refractivity contribution in [3.63, 3.8) is 0 Å². The molecule has 0 bridgehead atoms. The van der Waals surface area contributed by atoms with Crippen LogP contribution < -0.4 is 15.4 Å². The minimum absolute atomic E-state index is 0.00336. The van der Waals surface area contributed by atoms with Crippen molar-refractivity contribution in [2.75, 3.05) is 11.9 Å². The second kappa shape index (κ2) is 10.0. The maximum atomic E-state index is 13.0. The van der Waals surface area contributed by atoms with Gasteiger partial charge in [0.25, 0.3) is 0 Å². The molecule has 0 saturated carbocycles. The molecule has 0 radical (unpaired) electrons. The van der Waals surface area contributed by atoms with E-state index in [-0.39, 0.29) is 24.1 Å². The molecule has 1 saturated heterocycles. The van der Waals surface area contributed by atoms with E-state index < -0.39 is 5.25 Å². The van der Waals surface area contributed by atoms with Gasteiger partial charge in [0.1, 0.15) is 16.8 Å². The van der Waals surface area contributed by atoms with E-state index in [2.05, 4.69) is 20.8 Å². The summed E-state index contributed by atoms with van der Waals surface area (Å²) in [4.78, 5) is 24.4. The number of carbonyl (C=O) groups excluding carboxylic acids is 2. The largest absolute Gasteiger partial charge is 0.494 e. The summed E-state index contributed by atoms with van der Waals surface area (Å²) >= 11 is 1.15. The van der Waals surface area contributed by atoms with E-state index in [1.807, 2.05) is 6.92 Å². The summed E-state index contributed by atoms with van der Waals surface area (Å²) in [6.45, 7) is 4.20. The zero-order valence-corrected chi connectivity index (χ0v) is 17.3. The van der Waals surface area contributed by atoms with Crippen molar-refractivity contribution < 1.29 is 18.7 Å². The Labute approximate surface area is 177 Å². The minimum atomic E-state index is -0.590. The molecule has 3 rings (SSSR count). The van der Waals surface area contributed by atoms with E-state index in [9.17, 15) is 14.0 Å². The lowest BCUT2D eigenvalue weighted by atomic mass is 10.1. The van der Waals surface area contributed by atoms with E-state index in [4.69, 9.17) is 4.74 Å². The predicted octanol–water partition coefficient (Wildman–Crippen LogP) is 3.56. The number of amides is 2. The van der Waals surface area contributed by atoms with Crippen LogP contribution in [0.15, 0.2) is 58.7 Å². The van der Waals surface area contributed by atoms with E-state index in [1.54, 1.807) is 43.3 Å². The fourth-order valence-corrected chi connectivity index (χ4v) is 3.56. The molecule has 1 fully saturated rings. The van der Waals surface area contributed by atoms with Gasteiger partial charge in [0.15, 0.2) is 5.17 Å². The van der Waals surface area contributed by atoms with E-state index in [0.29, 0.717) is 23.2 Å². The number of thioether (sulfide) groups is 1. The number of rotatable bonds is 7. The van der Waals surface area contributed by atoms with Crippen LogP contribution in [0.2, 0.25) is 0 Å². The Balaban J connectivity index is 1.55. The second-order valence-electron chi connectivity index (χ2n) is 6.40. The van der Waals surface area contributed by atoms with Crippen LogP contribution in [-0.4, -0.2) is 34.6 Å². The van der Waals surface area contributed by atoms with Gasteiger partial charge < -0.3 is 15.4 Å². The van der Waals surface area contributed by atoms with Gasteiger partial charge in [-0.3, -0.25) is 9.59 Å². The lowest BCUT2D eigenvalue weighted by Gasteiger charge is -2.08. The van der Waals surface area contributed by atoms with Gasteiger partial charge in [-0.2, -0.15) is 5.10 Å². The molecule has 1 aliphatic heterocycles. The number of hydrogen-bond acceptors (Lipinski definition) is 6. The molecule has 1 aliphatic rings. The predicted molar refractivity (Wildman–Crippen MR) is 116 cm³/mol. The van der Waals surface area contributed by atoms with Crippen molar-refractivity contribution >= 4 is 40.1 Å². The van der Waals surface area contributed by atoms with Gasteiger partial charge in [-0.25, -0.2) is 4.39 Å². The highest BCUT2D eigenvalue weighted by atomic mass is 32.2. The number of carbonyl (C=O) groups is 2. The highest BCUT2D eigenvalue weighted by molar-refractivity contribution is 8.15. The molecular weight excluding hydrogens is 407 g/mol. The Morgan fingerprint density at radius 1 is 1.20 bits per heavy atom. The van der Waals surface area contributed by atoms with Crippen LogP contribution in [-0.2, 0) is 9.59 Å². The highest BCUT2D eigenvalue weighted by Gasteiger charge is 2.32. The molecule has 0 aromatic heterocycles. The van der Waals surface area contributed by atoms with Gasteiger partial charge in [-0.15, -0.1) is 5.10 Å². The molecule has 7 nitrogen and oxygen atoms in total. The van der Waals surface area contributed by atoms with Crippen LogP contribution in [0.25, 0.3) is 0 Å². The Morgan fingerprint density at radius 3 is 2.57 bits per heavy atom. The first kappa shape index (κ1) is 21.5. The van der Waals surface area contributed by atoms with Crippen LogP contribution in [0.5, 0.6) is 5.75 Å². The van der Waals surface area contributed by atoms with Crippen molar-refractivity contribution in [3.05, 3.63) is 59.9 Å². The van der Waals surface area contributed by atoms with E-state index in [1.165, 1.54) is 12.1 Å². The number of nitrogens with zero attached hydrogens (tertiary/aromatic N) is 2. The summed E-state index contributed by atoms with van der Waals surface area (Å²) in [5.41, 5.74) is 1.93. The first-order valence-electron chi connectivity index (χ1n) is 9.33. The van der Waals surface area contributed by atoms with Crippen LogP contribution >= 0.6 is 11.8 Å². The van der Waals surface area contributed by atoms with Crippen molar-refractivity contribution in [1.29, 1.82) is 0 Å². The lowest BCUT2D eigenvalue weighted by molar-refractivity contribution is -0.122. The highest BCUT2D eigenvalue weighted by Crippen LogP contribution is 2.23. The van der Waals surface area contributed by atoms with Crippen LogP contribution in [0.1, 0.15) is 25.8 Å². The quantitative estimate of drug-likeness (QED) is 0.521. The van der Waals surface area contributed by atoms with Gasteiger partial charge in [0.2, 0.25) is 11.8 Å². The number of hydrogen-bond donors (Lipinski definition) is 2. The molecule has 0 spiro atoms. The van der Waals surface area contributed by atoms with Gasteiger partial charge in [0, 0.05) is 12.1 Å². The van der Waals surface area contributed by atoms with E-state index in [0.717, 1.165) is 23.1 Å².